The van der Waals surface area contributed by atoms with E-state index in [2.05, 4.69) is 20.9 Å². The molecule has 0 aromatic carbocycles. The number of hydrogen-bond donors (Lipinski definition) is 0. The number of halogens is 1. The summed E-state index contributed by atoms with van der Waals surface area (Å²) in [6.45, 7) is 1.56. The van der Waals surface area contributed by atoms with Gasteiger partial charge in [0, 0.05) is 6.20 Å². The van der Waals surface area contributed by atoms with Crippen LogP contribution in [0.25, 0.3) is 0 Å². The molecule has 0 saturated carbocycles. The van der Waals surface area contributed by atoms with Gasteiger partial charge in [-0.3, -0.25) is 0 Å². The van der Waals surface area contributed by atoms with Crippen molar-refractivity contribution in [3.63, 3.8) is 0 Å². The molecule has 1 fully saturated rings. The summed E-state index contributed by atoms with van der Waals surface area (Å²) in [7, 11) is 0. The zero-order valence-electron chi connectivity index (χ0n) is 6.33. The third kappa shape index (κ3) is 1.85. The lowest BCUT2D eigenvalue weighted by molar-refractivity contribution is -0.181. The van der Waals surface area contributed by atoms with E-state index in [1.54, 1.807) is 17.5 Å². The van der Waals surface area contributed by atoms with Crippen LogP contribution in [0.3, 0.4) is 0 Å². The van der Waals surface area contributed by atoms with Crippen LogP contribution in [0.2, 0.25) is 0 Å². The van der Waals surface area contributed by atoms with Crippen LogP contribution in [0.4, 0.5) is 0 Å². The first kappa shape index (κ1) is 8.62. The van der Waals surface area contributed by atoms with Crippen molar-refractivity contribution in [2.75, 3.05) is 13.2 Å². The average Bonchev–Trinajstić information content (AvgIpc) is 2.54. The van der Waals surface area contributed by atoms with Gasteiger partial charge in [0.25, 0.3) is 0 Å². The van der Waals surface area contributed by atoms with Crippen LogP contribution < -0.4 is 0 Å². The highest BCUT2D eigenvalue weighted by Crippen LogP contribution is 2.29. The van der Waals surface area contributed by atoms with Gasteiger partial charge in [-0.05, 0) is 22.4 Å². The molecule has 1 aliphatic rings. The molecule has 1 saturated heterocycles. The molecule has 0 aliphatic carbocycles. The summed E-state index contributed by atoms with van der Waals surface area (Å²) in [5.41, 5.74) is 0. The van der Waals surface area contributed by atoms with Crippen molar-refractivity contribution in [3.05, 3.63) is 15.0 Å². The summed E-state index contributed by atoms with van der Waals surface area (Å²) in [5, 5.41) is 0. The Hall–Kier alpha value is 0.0300. The van der Waals surface area contributed by atoms with Crippen molar-refractivity contribution < 1.29 is 9.47 Å². The Bertz CT molecular complexity index is 260. The molecule has 1 aromatic rings. The highest BCUT2D eigenvalue weighted by atomic mass is 79.9. The lowest BCUT2D eigenvalue weighted by Gasteiger charge is -2.21. The van der Waals surface area contributed by atoms with Crippen LogP contribution in [-0.2, 0) is 9.47 Å². The minimum Gasteiger partial charge on any atom is -0.348 e. The SMILES string of the molecule is Brc1ncc(C2OCCCO2)s1. The molecule has 0 atom stereocenters. The van der Waals surface area contributed by atoms with Crippen LogP contribution >= 0.6 is 27.3 Å². The molecule has 2 heterocycles. The van der Waals surface area contributed by atoms with E-state index in [0.29, 0.717) is 0 Å². The van der Waals surface area contributed by atoms with Crippen LogP contribution in [0.5, 0.6) is 0 Å². The lowest BCUT2D eigenvalue weighted by atomic mass is 10.4. The molecule has 0 unspecified atom stereocenters. The van der Waals surface area contributed by atoms with Crippen molar-refractivity contribution >= 4 is 27.3 Å². The Morgan fingerprint density at radius 2 is 2.25 bits per heavy atom. The maximum absolute atomic E-state index is 5.40. The quantitative estimate of drug-likeness (QED) is 0.766. The number of aromatic nitrogens is 1. The molecule has 1 aromatic heterocycles. The number of hydrogen-bond acceptors (Lipinski definition) is 4. The van der Waals surface area contributed by atoms with Gasteiger partial charge >= 0.3 is 0 Å². The molecule has 0 spiro atoms. The Kier molecular flexibility index (Phi) is 2.75. The molecule has 0 amide bonds. The first-order valence-electron chi connectivity index (χ1n) is 3.71. The molecule has 3 nitrogen and oxygen atoms in total. The second kappa shape index (κ2) is 3.83. The normalized spacial score (nSPS) is 19.8. The van der Waals surface area contributed by atoms with Gasteiger partial charge in [-0.15, -0.1) is 11.3 Å². The van der Waals surface area contributed by atoms with E-state index in [-0.39, 0.29) is 6.29 Å². The van der Waals surface area contributed by atoms with E-state index in [1.165, 1.54) is 0 Å². The van der Waals surface area contributed by atoms with E-state index in [1.807, 2.05) is 0 Å². The predicted molar refractivity (Wildman–Crippen MR) is 49.1 cm³/mol. The van der Waals surface area contributed by atoms with E-state index in [4.69, 9.17) is 9.47 Å². The molecule has 0 bridgehead atoms. The second-order valence-corrected chi connectivity index (χ2v) is 4.78. The molecule has 2 rings (SSSR count). The third-order valence-corrected chi connectivity index (χ3v) is 3.05. The van der Waals surface area contributed by atoms with Gasteiger partial charge in [-0.2, -0.15) is 0 Å². The number of ether oxygens (including phenoxy) is 2. The maximum Gasteiger partial charge on any atom is 0.194 e. The smallest absolute Gasteiger partial charge is 0.194 e. The molecule has 0 N–H and O–H groups in total. The summed E-state index contributed by atoms with van der Waals surface area (Å²) >= 11 is 4.84. The number of thiazole rings is 1. The Morgan fingerprint density at radius 3 is 2.83 bits per heavy atom. The van der Waals surface area contributed by atoms with Gasteiger partial charge in [-0.25, -0.2) is 4.98 Å². The summed E-state index contributed by atoms with van der Waals surface area (Å²) in [4.78, 5) is 5.10. The van der Waals surface area contributed by atoms with Crippen LogP contribution in [0.1, 0.15) is 17.6 Å². The number of rotatable bonds is 1. The lowest BCUT2D eigenvalue weighted by Crippen LogP contribution is -2.16. The van der Waals surface area contributed by atoms with Crippen molar-refractivity contribution in [1.82, 2.24) is 4.98 Å². The van der Waals surface area contributed by atoms with Gasteiger partial charge in [0.15, 0.2) is 10.2 Å². The summed E-state index contributed by atoms with van der Waals surface area (Å²) in [6.07, 6.45) is 2.57. The Morgan fingerprint density at radius 1 is 1.50 bits per heavy atom. The van der Waals surface area contributed by atoms with Crippen molar-refractivity contribution in [1.29, 1.82) is 0 Å². The van der Waals surface area contributed by atoms with E-state index >= 15 is 0 Å². The van der Waals surface area contributed by atoms with Crippen LogP contribution in [0.15, 0.2) is 10.1 Å². The summed E-state index contributed by atoms with van der Waals surface area (Å²) in [5.74, 6) is 0. The largest absolute Gasteiger partial charge is 0.348 e. The van der Waals surface area contributed by atoms with Gasteiger partial charge in [0.1, 0.15) is 0 Å². The van der Waals surface area contributed by atoms with Crippen LogP contribution in [0, 0.1) is 0 Å². The highest BCUT2D eigenvalue weighted by molar-refractivity contribution is 9.11. The molecular formula is C7H8BrNO2S. The monoisotopic (exact) mass is 249 g/mol. The minimum atomic E-state index is -0.192. The Labute approximate surface area is 82.8 Å². The fourth-order valence-electron chi connectivity index (χ4n) is 1.03. The Balaban J connectivity index is 2.08. The van der Waals surface area contributed by atoms with E-state index in [9.17, 15) is 0 Å². The molecular weight excluding hydrogens is 242 g/mol. The zero-order chi connectivity index (χ0) is 8.39. The molecule has 12 heavy (non-hydrogen) atoms. The molecule has 1 aliphatic heterocycles. The van der Waals surface area contributed by atoms with E-state index in [0.717, 1.165) is 28.4 Å². The van der Waals surface area contributed by atoms with Gasteiger partial charge < -0.3 is 9.47 Å². The molecule has 5 heteroatoms. The third-order valence-electron chi connectivity index (χ3n) is 1.55. The van der Waals surface area contributed by atoms with Gasteiger partial charge in [0.2, 0.25) is 0 Å². The summed E-state index contributed by atoms with van der Waals surface area (Å²) < 4.78 is 11.7. The number of nitrogens with zero attached hydrogens (tertiary/aromatic N) is 1. The topological polar surface area (TPSA) is 31.4 Å². The molecule has 66 valence electrons. The average molecular weight is 250 g/mol. The standard InChI is InChI=1S/C7H8BrNO2S/c8-7-9-4-5(12-7)6-10-2-1-3-11-6/h4,6H,1-3H2. The minimum absolute atomic E-state index is 0.192. The van der Waals surface area contributed by atoms with Crippen LogP contribution in [-0.4, -0.2) is 18.2 Å². The van der Waals surface area contributed by atoms with Gasteiger partial charge in [0.05, 0.1) is 18.1 Å². The fourth-order valence-corrected chi connectivity index (χ4v) is 2.33. The maximum atomic E-state index is 5.40. The highest BCUT2D eigenvalue weighted by Gasteiger charge is 2.18. The first-order valence-corrected chi connectivity index (χ1v) is 5.31. The van der Waals surface area contributed by atoms with Gasteiger partial charge in [-0.1, -0.05) is 0 Å². The fraction of sp³-hybridized carbons (Fsp3) is 0.571. The summed E-state index contributed by atoms with van der Waals surface area (Å²) in [6, 6.07) is 0. The second-order valence-electron chi connectivity index (χ2n) is 2.44. The zero-order valence-corrected chi connectivity index (χ0v) is 8.73. The molecule has 0 radical (unpaired) electrons. The van der Waals surface area contributed by atoms with Crippen molar-refractivity contribution in [3.8, 4) is 0 Å². The first-order chi connectivity index (χ1) is 5.86. The van der Waals surface area contributed by atoms with Crippen molar-refractivity contribution in [2.45, 2.75) is 12.7 Å². The van der Waals surface area contributed by atoms with Crippen molar-refractivity contribution in [2.24, 2.45) is 0 Å². The van der Waals surface area contributed by atoms with E-state index < -0.39 is 0 Å². The predicted octanol–water partition coefficient (Wildman–Crippen LogP) is 2.34.